The fourth-order valence-corrected chi connectivity index (χ4v) is 3.40. The summed E-state index contributed by atoms with van der Waals surface area (Å²) in [5.41, 5.74) is 0.162. The zero-order valence-electron chi connectivity index (χ0n) is 11.6. The highest BCUT2D eigenvalue weighted by Crippen LogP contribution is 2.26. The Labute approximate surface area is 126 Å². The quantitative estimate of drug-likeness (QED) is 0.912. The van der Waals surface area contributed by atoms with Crippen molar-refractivity contribution in [2.75, 3.05) is 5.32 Å². The van der Waals surface area contributed by atoms with Crippen molar-refractivity contribution in [3.63, 3.8) is 0 Å². The van der Waals surface area contributed by atoms with E-state index in [-0.39, 0.29) is 11.1 Å². The Hall–Kier alpha value is -2.13. The van der Waals surface area contributed by atoms with Crippen molar-refractivity contribution in [2.45, 2.75) is 38.1 Å². The van der Waals surface area contributed by atoms with E-state index < -0.39 is 0 Å². The molecule has 0 spiro atoms. The lowest BCUT2D eigenvalue weighted by Crippen LogP contribution is -2.26. The van der Waals surface area contributed by atoms with E-state index in [2.05, 4.69) is 15.3 Å². The van der Waals surface area contributed by atoms with Gasteiger partial charge in [0.25, 0.3) is 5.56 Å². The number of aromatic amines is 1. The molecule has 0 saturated heterocycles. The molecule has 0 amide bonds. The van der Waals surface area contributed by atoms with E-state index in [0.29, 0.717) is 17.7 Å². The van der Waals surface area contributed by atoms with Crippen molar-refractivity contribution in [1.29, 1.82) is 5.26 Å². The molecule has 2 heterocycles. The first-order valence-electron chi connectivity index (χ1n) is 7.13. The van der Waals surface area contributed by atoms with Gasteiger partial charge in [-0.1, -0.05) is 25.3 Å². The topological polar surface area (TPSA) is 81.6 Å². The molecule has 1 saturated carbocycles. The summed E-state index contributed by atoms with van der Waals surface area (Å²) in [7, 11) is 0. The van der Waals surface area contributed by atoms with Crippen molar-refractivity contribution >= 4 is 17.3 Å². The van der Waals surface area contributed by atoms with E-state index in [1.165, 1.54) is 30.6 Å². The molecule has 3 rings (SSSR count). The standard InChI is InChI=1S/C15H16N4OS/c16-9-11-13(12-7-4-8-21-12)18-15(19-14(11)20)17-10-5-2-1-3-6-10/h4,7-8,10H,1-3,5-6H2,(H2,17,18,19,20). The molecule has 2 N–H and O–H groups in total. The molecular weight excluding hydrogens is 284 g/mol. The fourth-order valence-electron chi connectivity index (χ4n) is 2.68. The van der Waals surface area contributed by atoms with E-state index >= 15 is 0 Å². The van der Waals surface area contributed by atoms with Crippen molar-refractivity contribution < 1.29 is 0 Å². The highest BCUT2D eigenvalue weighted by Gasteiger charge is 2.17. The number of H-pyrrole nitrogens is 1. The number of rotatable bonds is 3. The van der Waals surface area contributed by atoms with Gasteiger partial charge in [0.15, 0.2) is 0 Å². The first kappa shape index (κ1) is 13.8. The maximum atomic E-state index is 12.1. The van der Waals surface area contributed by atoms with Gasteiger partial charge in [-0.05, 0) is 24.3 Å². The summed E-state index contributed by atoms with van der Waals surface area (Å²) in [6, 6.07) is 6.07. The molecule has 6 heteroatoms. The van der Waals surface area contributed by atoms with Crippen LogP contribution in [0.4, 0.5) is 5.95 Å². The van der Waals surface area contributed by atoms with Gasteiger partial charge >= 0.3 is 0 Å². The van der Waals surface area contributed by atoms with Gasteiger partial charge in [0.05, 0.1) is 4.88 Å². The molecule has 0 aliphatic heterocycles. The Morgan fingerprint density at radius 2 is 2.19 bits per heavy atom. The number of aromatic nitrogens is 2. The molecule has 108 valence electrons. The molecule has 0 unspecified atom stereocenters. The van der Waals surface area contributed by atoms with Gasteiger partial charge in [-0.3, -0.25) is 9.78 Å². The number of hydrogen-bond acceptors (Lipinski definition) is 5. The Morgan fingerprint density at radius 1 is 1.38 bits per heavy atom. The monoisotopic (exact) mass is 300 g/mol. The van der Waals surface area contributed by atoms with Gasteiger partial charge in [0, 0.05) is 6.04 Å². The summed E-state index contributed by atoms with van der Waals surface area (Å²) < 4.78 is 0. The second-order valence-corrected chi connectivity index (χ2v) is 6.15. The van der Waals surface area contributed by atoms with E-state index in [9.17, 15) is 10.1 Å². The Balaban J connectivity index is 1.96. The Kier molecular flexibility index (Phi) is 4.02. The second kappa shape index (κ2) is 6.10. The Morgan fingerprint density at radius 3 is 2.86 bits per heavy atom. The summed E-state index contributed by atoms with van der Waals surface area (Å²) in [6.07, 6.45) is 5.87. The molecular formula is C15H16N4OS. The maximum absolute atomic E-state index is 12.1. The molecule has 0 radical (unpaired) electrons. The van der Waals surface area contributed by atoms with Gasteiger partial charge in [0.2, 0.25) is 5.95 Å². The van der Waals surface area contributed by atoms with E-state index in [1.807, 2.05) is 23.6 Å². The van der Waals surface area contributed by atoms with Crippen LogP contribution in [-0.2, 0) is 0 Å². The molecule has 0 bridgehead atoms. The van der Waals surface area contributed by atoms with Crippen LogP contribution in [0.5, 0.6) is 0 Å². The van der Waals surface area contributed by atoms with Gasteiger partial charge in [-0.2, -0.15) is 5.26 Å². The highest BCUT2D eigenvalue weighted by atomic mass is 32.1. The summed E-state index contributed by atoms with van der Waals surface area (Å²) in [6.45, 7) is 0. The molecule has 2 aromatic rings. The average Bonchev–Trinajstić information content (AvgIpc) is 3.02. The molecule has 5 nitrogen and oxygen atoms in total. The number of nitrogens with one attached hydrogen (secondary N) is 2. The minimum atomic E-state index is -0.380. The summed E-state index contributed by atoms with van der Waals surface area (Å²) in [5.74, 6) is 0.467. The third-order valence-electron chi connectivity index (χ3n) is 3.73. The van der Waals surface area contributed by atoms with Crippen molar-refractivity contribution in [2.24, 2.45) is 0 Å². The lowest BCUT2D eigenvalue weighted by atomic mass is 9.96. The highest BCUT2D eigenvalue weighted by molar-refractivity contribution is 7.13. The average molecular weight is 300 g/mol. The first-order valence-corrected chi connectivity index (χ1v) is 8.00. The van der Waals surface area contributed by atoms with E-state index in [0.717, 1.165) is 17.7 Å². The smallest absolute Gasteiger partial charge is 0.270 e. The third-order valence-corrected chi connectivity index (χ3v) is 4.61. The minimum Gasteiger partial charge on any atom is -0.353 e. The van der Waals surface area contributed by atoms with Gasteiger partial charge in [0.1, 0.15) is 17.3 Å². The second-order valence-electron chi connectivity index (χ2n) is 5.21. The zero-order valence-corrected chi connectivity index (χ0v) is 12.4. The van der Waals surface area contributed by atoms with E-state index in [4.69, 9.17) is 0 Å². The molecule has 0 atom stereocenters. The van der Waals surface area contributed by atoms with Crippen LogP contribution in [0.3, 0.4) is 0 Å². The number of thiophene rings is 1. The maximum Gasteiger partial charge on any atom is 0.270 e. The van der Waals surface area contributed by atoms with Crippen LogP contribution in [-0.4, -0.2) is 16.0 Å². The lowest BCUT2D eigenvalue weighted by molar-refractivity contribution is 0.461. The van der Waals surface area contributed by atoms with Crippen molar-refractivity contribution in [1.82, 2.24) is 9.97 Å². The number of nitrogens with zero attached hydrogens (tertiary/aromatic N) is 2. The third kappa shape index (κ3) is 2.98. The molecule has 2 aromatic heterocycles. The van der Waals surface area contributed by atoms with Crippen LogP contribution in [0.1, 0.15) is 37.7 Å². The van der Waals surface area contributed by atoms with Crippen molar-refractivity contribution in [3.05, 3.63) is 33.4 Å². The first-order chi connectivity index (χ1) is 10.3. The van der Waals surface area contributed by atoms with Crippen LogP contribution >= 0.6 is 11.3 Å². The Bertz CT molecular complexity index is 708. The number of hydrogen-bond donors (Lipinski definition) is 2. The SMILES string of the molecule is N#Cc1c(-c2cccs2)nc(NC2CCCCC2)[nH]c1=O. The molecule has 21 heavy (non-hydrogen) atoms. The van der Waals surface area contributed by atoms with Crippen molar-refractivity contribution in [3.8, 4) is 16.6 Å². The van der Waals surface area contributed by atoms with Crippen LogP contribution in [0, 0.1) is 11.3 Å². The predicted octanol–water partition coefficient (Wildman–Crippen LogP) is 3.11. The summed E-state index contributed by atoms with van der Waals surface area (Å²) in [5, 5.41) is 14.4. The van der Waals surface area contributed by atoms with E-state index in [1.54, 1.807) is 0 Å². The van der Waals surface area contributed by atoms with Crippen LogP contribution < -0.4 is 10.9 Å². The number of anilines is 1. The van der Waals surface area contributed by atoms with Crippen LogP contribution in [0.15, 0.2) is 22.3 Å². The van der Waals surface area contributed by atoms with Gasteiger partial charge in [-0.25, -0.2) is 4.98 Å². The minimum absolute atomic E-state index is 0.0756. The zero-order chi connectivity index (χ0) is 14.7. The fraction of sp³-hybridized carbons (Fsp3) is 0.400. The molecule has 1 fully saturated rings. The summed E-state index contributed by atoms with van der Waals surface area (Å²) >= 11 is 1.47. The van der Waals surface area contributed by atoms with Gasteiger partial charge in [-0.15, -0.1) is 11.3 Å². The largest absolute Gasteiger partial charge is 0.353 e. The van der Waals surface area contributed by atoms with Crippen LogP contribution in [0.2, 0.25) is 0 Å². The summed E-state index contributed by atoms with van der Waals surface area (Å²) in [4.78, 5) is 20.1. The normalized spacial score (nSPS) is 15.6. The van der Waals surface area contributed by atoms with Crippen LogP contribution in [0.25, 0.3) is 10.6 Å². The number of nitriles is 1. The lowest BCUT2D eigenvalue weighted by Gasteiger charge is -2.23. The molecule has 1 aliphatic carbocycles. The molecule has 0 aromatic carbocycles. The molecule has 1 aliphatic rings. The predicted molar refractivity (Wildman–Crippen MR) is 83.4 cm³/mol. The van der Waals surface area contributed by atoms with Gasteiger partial charge < -0.3 is 5.32 Å².